The van der Waals surface area contributed by atoms with E-state index in [1.54, 1.807) is 27.7 Å². The van der Waals surface area contributed by atoms with Crippen molar-refractivity contribution in [2.45, 2.75) is 39.9 Å². The molecule has 0 aliphatic carbocycles. The van der Waals surface area contributed by atoms with Gasteiger partial charge in [0.1, 0.15) is 0 Å². The van der Waals surface area contributed by atoms with Crippen molar-refractivity contribution in [3.05, 3.63) is 0 Å². The van der Waals surface area contributed by atoms with Crippen molar-refractivity contribution in [1.29, 1.82) is 0 Å². The summed E-state index contributed by atoms with van der Waals surface area (Å²) in [6.45, 7) is 2.29. The van der Waals surface area contributed by atoms with Crippen LogP contribution in [0.1, 0.15) is 27.7 Å². The van der Waals surface area contributed by atoms with Gasteiger partial charge in [-0.15, -0.1) is 0 Å². The van der Waals surface area contributed by atoms with Crippen molar-refractivity contribution in [1.82, 2.24) is 0 Å². The van der Waals surface area contributed by atoms with Crippen LogP contribution in [0.2, 0.25) is 0 Å². The molecule has 0 atom stereocenters. The van der Waals surface area contributed by atoms with Gasteiger partial charge in [-0.3, -0.25) is 9.05 Å². The summed E-state index contributed by atoms with van der Waals surface area (Å²) in [7, 11) is -3.93. The minimum absolute atomic E-state index is 0.0786. The molecule has 0 bridgehead atoms. The molecule has 0 aromatic heterocycles. The van der Waals surface area contributed by atoms with Crippen molar-refractivity contribution in [3.63, 3.8) is 0 Å². The summed E-state index contributed by atoms with van der Waals surface area (Å²) in [5.74, 6) is -0.248. The van der Waals surface area contributed by atoms with E-state index in [1.807, 2.05) is 0 Å². The van der Waals surface area contributed by atoms with E-state index in [-0.39, 0.29) is 11.5 Å². The maximum absolute atomic E-state index is 12.2. The lowest BCUT2D eigenvalue weighted by molar-refractivity contribution is 0.153. The van der Waals surface area contributed by atoms with Crippen LogP contribution in [-0.4, -0.2) is 32.1 Å². The molecule has 5 nitrogen and oxygen atoms in total. The molecule has 16 heavy (non-hydrogen) atoms. The van der Waals surface area contributed by atoms with E-state index in [0.717, 1.165) is 0 Å². The van der Waals surface area contributed by atoms with Gasteiger partial charge in [-0.1, -0.05) is 0 Å². The zero-order chi connectivity index (χ0) is 13.0. The SMILES string of the molecule is CC(C)OP(=O)(OC(C)C)S(=O)(=O)CCS. The lowest BCUT2D eigenvalue weighted by Gasteiger charge is -2.21. The molecule has 0 aromatic rings. The van der Waals surface area contributed by atoms with Crippen LogP contribution in [0.15, 0.2) is 0 Å². The normalized spacial score (nSPS) is 13.7. The minimum atomic E-state index is -4.13. The topological polar surface area (TPSA) is 69.7 Å². The molecule has 98 valence electrons. The molecule has 0 unspecified atom stereocenters. The highest BCUT2D eigenvalue weighted by molar-refractivity contribution is 8.49. The summed E-state index contributed by atoms with van der Waals surface area (Å²) in [4.78, 5) is 0. The van der Waals surface area contributed by atoms with Crippen LogP contribution in [0, 0.1) is 0 Å². The summed E-state index contributed by atoms with van der Waals surface area (Å²) < 4.78 is 45.7. The van der Waals surface area contributed by atoms with Crippen LogP contribution in [-0.2, 0) is 23.1 Å². The average molecular weight is 290 g/mol. The summed E-state index contributed by atoms with van der Waals surface area (Å²) in [6.07, 6.45) is -0.974. The van der Waals surface area contributed by atoms with Crippen molar-refractivity contribution >= 4 is 28.9 Å². The van der Waals surface area contributed by atoms with Gasteiger partial charge in [0, 0.05) is 5.75 Å². The summed E-state index contributed by atoms with van der Waals surface area (Å²) in [6, 6.07) is 0. The van der Waals surface area contributed by atoms with E-state index >= 15 is 0 Å². The standard InChI is InChI=1S/C8H19O5PS2/c1-7(2)12-14(9,13-8(3)4)16(10,11)6-5-15/h7-8,15H,5-6H2,1-4H3. The Bertz CT molecular complexity index is 335. The first-order chi connectivity index (χ1) is 7.14. The molecule has 0 radical (unpaired) electrons. The fourth-order valence-electron chi connectivity index (χ4n) is 0.900. The van der Waals surface area contributed by atoms with Gasteiger partial charge in [-0.05, 0) is 27.7 Å². The monoisotopic (exact) mass is 290 g/mol. The largest absolute Gasteiger partial charge is 0.445 e. The van der Waals surface area contributed by atoms with Crippen LogP contribution in [0.4, 0.5) is 0 Å². The molecule has 0 heterocycles. The van der Waals surface area contributed by atoms with Crippen LogP contribution >= 0.6 is 19.4 Å². The smallest absolute Gasteiger partial charge is 0.295 e. The zero-order valence-electron chi connectivity index (χ0n) is 9.91. The first kappa shape index (κ1) is 16.4. The first-order valence-corrected chi connectivity index (χ1v) is 9.38. The van der Waals surface area contributed by atoms with Gasteiger partial charge in [0.15, 0.2) is 0 Å². The van der Waals surface area contributed by atoms with Crippen molar-refractivity contribution < 1.29 is 22.0 Å². The summed E-state index contributed by atoms with van der Waals surface area (Å²) in [5.41, 5.74) is 0. The minimum Gasteiger partial charge on any atom is -0.295 e. The number of rotatable bonds is 7. The Morgan fingerprint density at radius 2 is 1.50 bits per heavy atom. The van der Waals surface area contributed by atoms with E-state index in [4.69, 9.17) is 9.05 Å². The molecule has 8 heteroatoms. The molecule has 0 N–H and O–H groups in total. The van der Waals surface area contributed by atoms with E-state index in [2.05, 4.69) is 12.6 Å². The Morgan fingerprint density at radius 1 is 1.12 bits per heavy atom. The summed E-state index contributed by atoms with van der Waals surface area (Å²) >= 11 is 3.82. The molecule has 0 aliphatic heterocycles. The molecule has 0 spiro atoms. The third-order valence-corrected chi connectivity index (χ3v) is 7.77. The van der Waals surface area contributed by atoms with Crippen LogP contribution in [0.5, 0.6) is 0 Å². The number of hydrogen-bond acceptors (Lipinski definition) is 6. The predicted molar refractivity (Wildman–Crippen MR) is 67.7 cm³/mol. The maximum atomic E-state index is 12.2. The third kappa shape index (κ3) is 4.75. The Morgan fingerprint density at radius 3 is 1.75 bits per heavy atom. The van der Waals surface area contributed by atoms with E-state index < -0.39 is 28.5 Å². The molecule has 0 aromatic carbocycles. The molecule has 0 fully saturated rings. The molecule has 0 rings (SSSR count). The maximum Gasteiger partial charge on any atom is 0.445 e. The number of hydrogen-bond donors (Lipinski definition) is 1. The van der Waals surface area contributed by atoms with Gasteiger partial charge in [-0.2, -0.15) is 12.6 Å². The lowest BCUT2D eigenvalue weighted by Crippen LogP contribution is -2.17. The Labute approximate surface area is 103 Å². The second-order valence-electron chi connectivity index (χ2n) is 3.77. The Kier molecular flexibility index (Phi) is 6.58. The number of thiol groups is 1. The zero-order valence-corrected chi connectivity index (χ0v) is 12.5. The highest BCUT2D eigenvalue weighted by Gasteiger charge is 2.42. The van der Waals surface area contributed by atoms with Crippen LogP contribution < -0.4 is 0 Å². The van der Waals surface area contributed by atoms with Gasteiger partial charge in [0.2, 0.25) is 0 Å². The quantitative estimate of drug-likeness (QED) is 0.575. The van der Waals surface area contributed by atoms with Crippen LogP contribution in [0.3, 0.4) is 0 Å². The van der Waals surface area contributed by atoms with Gasteiger partial charge in [-0.25, -0.2) is 13.0 Å². The van der Waals surface area contributed by atoms with Gasteiger partial charge < -0.3 is 0 Å². The molecular weight excluding hydrogens is 271 g/mol. The first-order valence-electron chi connectivity index (χ1n) is 4.95. The van der Waals surface area contributed by atoms with E-state index in [1.165, 1.54) is 0 Å². The highest BCUT2D eigenvalue weighted by atomic mass is 32.8. The second-order valence-corrected chi connectivity index (χ2v) is 10.1. The predicted octanol–water partition coefficient (Wildman–Crippen LogP) is 2.29. The fraction of sp³-hybridized carbons (Fsp3) is 1.00. The molecule has 0 amide bonds. The second kappa shape index (κ2) is 6.40. The molecule has 0 saturated carbocycles. The van der Waals surface area contributed by atoms with Crippen molar-refractivity contribution in [2.75, 3.05) is 11.5 Å². The van der Waals surface area contributed by atoms with E-state index in [0.29, 0.717) is 0 Å². The third-order valence-electron chi connectivity index (χ3n) is 1.37. The van der Waals surface area contributed by atoms with Crippen molar-refractivity contribution in [2.24, 2.45) is 0 Å². The fourth-order valence-corrected chi connectivity index (χ4v) is 6.62. The lowest BCUT2D eigenvalue weighted by atomic mass is 10.5. The molecule has 0 saturated heterocycles. The average Bonchev–Trinajstić information content (AvgIpc) is 1.99. The van der Waals surface area contributed by atoms with Crippen LogP contribution in [0.25, 0.3) is 0 Å². The van der Waals surface area contributed by atoms with E-state index in [9.17, 15) is 13.0 Å². The Balaban J connectivity index is 5.15. The molecule has 0 aliphatic rings. The van der Waals surface area contributed by atoms with Gasteiger partial charge in [0.05, 0.1) is 18.0 Å². The molecular formula is C8H19O5PS2. The van der Waals surface area contributed by atoms with Gasteiger partial charge in [0.25, 0.3) is 9.46 Å². The summed E-state index contributed by atoms with van der Waals surface area (Å²) in [5, 5.41) is 0. The Hall–Kier alpha value is 0.450. The highest BCUT2D eigenvalue weighted by Crippen LogP contribution is 2.56. The van der Waals surface area contributed by atoms with Crippen molar-refractivity contribution in [3.8, 4) is 0 Å². The van der Waals surface area contributed by atoms with Gasteiger partial charge >= 0.3 is 6.80 Å².